The molecule has 0 radical (unpaired) electrons. The Hall–Kier alpha value is -1.88. The zero-order valence-electron chi connectivity index (χ0n) is 8.69. The van der Waals surface area contributed by atoms with Gasteiger partial charge in [0.05, 0.1) is 0 Å². The van der Waals surface area contributed by atoms with E-state index in [2.05, 4.69) is 10.6 Å². The molecule has 0 bridgehead atoms. The average Bonchev–Trinajstić information content (AvgIpc) is 2.55. The number of amides is 2. The maximum absolute atomic E-state index is 11.6. The van der Waals surface area contributed by atoms with E-state index in [1.807, 2.05) is 24.3 Å². The van der Waals surface area contributed by atoms with Gasteiger partial charge in [-0.2, -0.15) is 0 Å². The molecule has 0 saturated heterocycles. The summed E-state index contributed by atoms with van der Waals surface area (Å²) in [5, 5.41) is 5.77. The SMILES string of the molecule is NC(=O)CCNC1C(=O)Nc2ccccc21. The number of carbonyl (C=O) groups excluding carboxylic acids is 2. The van der Waals surface area contributed by atoms with Crippen molar-refractivity contribution in [1.29, 1.82) is 0 Å². The van der Waals surface area contributed by atoms with Crippen LogP contribution in [0.4, 0.5) is 5.69 Å². The van der Waals surface area contributed by atoms with Gasteiger partial charge in [-0.15, -0.1) is 0 Å². The predicted octanol–water partition coefficient (Wildman–Crippen LogP) is 0.145. The molecule has 84 valence electrons. The largest absolute Gasteiger partial charge is 0.370 e. The van der Waals surface area contributed by atoms with Crippen LogP contribution in [0.15, 0.2) is 24.3 Å². The normalized spacial score (nSPS) is 18.0. The van der Waals surface area contributed by atoms with Crippen molar-refractivity contribution < 1.29 is 9.59 Å². The van der Waals surface area contributed by atoms with Gasteiger partial charge >= 0.3 is 0 Å². The standard InChI is InChI=1S/C11H13N3O2/c12-9(15)5-6-13-10-7-3-1-2-4-8(7)14-11(10)16/h1-4,10,13H,5-6H2,(H2,12,15)(H,14,16). The Balaban J connectivity index is 2.05. The summed E-state index contributed by atoms with van der Waals surface area (Å²) in [6.45, 7) is 0.405. The topological polar surface area (TPSA) is 84.2 Å². The molecule has 0 aromatic heterocycles. The quantitative estimate of drug-likeness (QED) is 0.673. The first kappa shape index (κ1) is 10.6. The van der Waals surface area contributed by atoms with Crippen molar-refractivity contribution in [2.75, 3.05) is 11.9 Å². The number of primary amides is 1. The number of anilines is 1. The number of hydrogen-bond donors (Lipinski definition) is 3. The maximum atomic E-state index is 11.6. The summed E-state index contributed by atoms with van der Waals surface area (Å²) in [7, 11) is 0. The van der Waals surface area contributed by atoms with Crippen molar-refractivity contribution in [1.82, 2.24) is 5.32 Å². The number of para-hydroxylation sites is 1. The van der Waals surface area contributed by atoms with Crippen LogP contribution in [0.2, 0.25) is 0 Å². The minimum Gasteiger partial charge on any atom is -0.370 e. The van der Waals surface area contributed by atoms with Crippen LogP contribution in [-0.2, 0) is 9.59 Å². The van der Waals surface area contributed by atoms with Gasteiger partial charge in [0.15, 0.2) is 0 Å². The number of benzene rings is 1. The first-order valence-corrected chi connectivity index (χ1v) is 5.10. The summed E-state index contributed by atoms with van der Waals surface area (Å²) in [5.41, 5.74) is 6.76. The lowest BCUT2D eigenvalue weighted by Gasteiger charge is -2.09. The molecule has 16 heavy (non-hydrogen) atoms. The van der Waals surface area contributed by atoms with E-state index in [0.29, 0.717) is 6.54 Å². The molecule has 0 fully saturated rings. The van der Waals surface area contributed by atoms with Crippen molar-refractivity contribution in [2.45, 2.75) is 12.5 Å². The molecule has 1 heterocycles. The van der Waals surface area contributed by atoms with Gasteiger partial charge in [-0.1, -0.05) is 18.2 Å². The van der Waals surface area contributed by atoms with Crippen molar-refractivity contribution in [3.05, 3.63) is 29.8 Å². The summed E-state index contributed by atoms with van der Waals surface area (Å²) in [6.07, 6.45) is 0.228. The van der Waals surface area contributed by atoms with Crippen LogP contribution < -0.4 is 16.4 Å². The van der Waals surface area contributed by atoms with Gasteiger partial charge in [-0.25, -0.2) is 0 Å². The van der Waals surface area contributed by atoms with E-state index in [9.17, 15) is 9.59 Å². The smallest absolute Gasteiger partial charge is 0.246 e. The van der Waals surface area contributed by atoms with Crippen molar-refractivity contribution in [3.8, 4) is 0 Å². The molecule has 0 spiro atoms. The fourth-order valence-corrected chi connectivity index (χ4v) is 1.75. The fraction of sp³-hybridized carbons (Fsp3) is 0.273. The lowest BCUT2D eigenvalue weighted by Crippen LogP contribution is -2.30. The average molecular weight is 219 g/mol. The van der Waals surface area contributed by atoms with Gasteiger partial charge in [0.25, 0.3) is 0 Å². The lowest BCUT2D eigenvalue weighted by molar-refractivity contribution is -0.119. The summed E-state index contributed by atoms with van der Waals surface area (Å²) >= 11 is 0. The monoisotopic (exact) mass is 219 g/mol. The third-order valence-corrected chi connectivity index (χ3v) is 2.51. The molecular weight excluding hydrogens is 206 g/mol. The molecule has 1 aromatic carbocycles. The molecule has 2 rings (SSSR count). The minimum absolute atomic E-state index is 0.0920. The van der Waals surface area contributed by atoms with Crippen LogP contribution in [0.1, 0.15) is 18.0 Å². The maximum Gasteiger partial charge on any atom is 0.246 e. The third-order valence-electron chi connectivity index (χ3n) is 2.51. The Kier molecular flexibility index (Phi) is 2.87. The van der Waals surface area contributed by atoms with Crippen molar-refractivity contribution >= 4 is 17.5 Å². The van der Waals surface area contributed by atoms with E-state index in [-0.39, 0.29) is 24.3 Å². The summed E-state index contributed by atoms with van der Waals surface area (Å²) in [4.78, 5) is 22.2. The highest BCUT2D eigenvalue weighted by atomic mass is 16.2. The van der Waals surface area contributed by atoms with Gasteiger partial charge < -0.3 is 16.4 Å². The molecule has 1 atom stereocenters. The van der Waals surface area contributed by atoms with E-state index < -0.39 is 0 Å². The number of hydrogen-bond acceptors (Lipinski definition) is 3. The first-order chi connectivity index (χ1) is 7.68. The highest BCUT2D eigenvalue weighted by Crippen LogP contribution is 2.29. The van der Waals surface area contributed by atoms with Crippen LogP contribution in [0.3, 0.4) is 0 Å². The van der Waals surface area contributed by atoms with Crippen LogP contribution in [0.5, 0.6) is 0 Å². The fourth-order valence-electron chi connectivity index (χ4n) is 1.75. The lowest BCUT2D eigenvalue weighted by atomic mass is 10.1. The zero-order chi connectivity index (χ0) is 11.5. The molecule has 1 unspecified atom stereocenters. The highest BCUT2D eigenvalue weighted by Gasteiger charge is 2.29. The molecule has 0 saturated carbocycles. The molecule has 5 heteroatoms. The highest BCUT2D eigenvalue weighted by molar-refractivity contribution is 6.02. The van der Waals surface area contributed by atoms with Gasteiger partial charge in [-0.05, 0) is 6.07 Å². The van der Waals surface area contributed by atoms with Gasteiger partial charge in [-0.3, -0.25) is 9.59 Å². The van der Waals surface area contributed by atoms with Crippen LogP contribution in [-0.4, -0.2) is 18.4 Å². The van der Waals surface area contributed by atoms with E-state index in [0.717, 1.165) is 11.3 Å². The number of rotatable bonds is 4. The molecule has 4 N–H and O–H groups in total. The predicted molar refractivity (Wildman–Crippen MR) is 59.6 cm³/mol. The number of fused-ring (bicyclic) bond motifs is 1. The van der Waals surface area contributed by atoms with E-state index in [1.54, 1.807) is 0 Å². The van der Waals surface area contributed by atoms with Crippen molar-refractivity contribution in [2.24, 2.45) is 5.73 Å². The zero-order valence-corrected chi connectivity index (χ0v) is 8.69. The molecule has 0 aliphatic carbocycles. The Morgan fingerprint density at radius 3 is 2.94 bits per heavy atom. The summed E-state index contributed by atoms with van der Waals surface area (Å²) < 4.78 is 0. The molecule has 1 aliphatic heterocycles. The van der Waals surface area contributed by atoms with Crippen LogP contribution in [0.25, 0.3) is 0 Å². The van der Waals surface area contributed by atoms with Crippen LogP contribution in [0, 0.1) is 0 Å². The molecule has 2 amide bonds. The number of nitrogens with one attached hydrogen (secondary N) is 2. The molecular formula is C11H13N3O2. The number of nitrogens with two attached hydrogens (primary N) is 1. The number of carbonyl (C=O) groups is 2. The van der Waals surface area contributed by atoms with Crippen molar-refractivity contribution in [3.63, 3.8) is 0 Å². The van der Waals surface area contributed by atoms with Gasteiger partial charge in [0, 0.05) is 24.2 Å². The Morgan fingerprint density at radius 1 is 1.44 bits per heavy atom. The van der Waals surface area contributed by atoms with Gasteiger partial charge in [0.2, 0.25) is 11.8 Å². The summed E-state index contributed by atoms with van der Waals surface area (Å²) in [6, 6.07) is 7.10. The third kappa shape index (κ3) is 2.04. The molecule has 5 nitrogen and oxygen atoms in total. The van der Waals surface area contributed by atoms with Crippen LogP contribution >= 0.6 is 0 Å². The molecule has 1 aromatic rings. The Bertz CT molecular complexity index is 431. The minimum atomic E-state index is -0.379. The summed E-state index contributed by atoms with van der Waals surface area (Å²) in [5.74, 6) is -0.468. The first-order valence-electron chi connectivity index (χ1n) is 5.10. The Labute approximate surface area is 93.0 Å². The van der Waals surface area contributed by atoms with E-state index in [4.69, 9.17) is 5.73 Å². The molecule has 1 aliphatic rings. The Morgan fingerprint density at radius 2 is 2.19 bits per heavy atom. The second-order valence-corrected chi connectivity index (χ2v) is 3.68. The van der Waals surface area contributed by atoms with Gasteiger partial charge in [0.1, 0.15) is 6.04 Å². The van der Waals surface area contributed by atoms with E-state index >= 15 is 0 Å². The second-order valence-electron chi connectivity index (χ2n) is 3.68. The van der Waals surface area contributed by atoms with E-state index in [1.165, 1.54) is 0 Å². The second kappa shape index (κ2) is 4.32.